The number of amides is 1. The predicted octanol–water partition coefficient (Wildman–Crippen LogP) is 0.512. The van der Waals surface area contributed by atoms with Crippen LogP contribution >= 0.6 is 0 Å². The molecule has 3 nitrogen and oxygen atoms in total. The molecule has 1 aliphatic rings. The second-order valence-electron chi connectivity index (χ2n) is 3.77. The normalized spacial score (nSPS) is 28.1. The van der Waals surface area contributed by atoms with Gasteiger partial charge >= 0.3 is 0 Å². The lowest BCUT2D eigenvalue weighted by Gasteiger charge is -2.17. The molecule has 2 N–H and O–H groups in total. The van der Waals surface area contributed by atoms with Crippen molar-refractivity contribution in [1.82, 2.24) is 10.6 Å². The number of hydrogen-bond acceptors (Lipinski definition) is 2. The Balaban J connectivity index is 2.45. The van der Waals surface area contributed by atoms with Gasteiger partial charge in [0.15, 0.2) is 0 Å². The highest BCUT2D eigenvalue weighted by molar-refractivity contribution is 5.80. The first kappa shape index (κ1) is 11.1. The Hall–Kier alpha value is -1.01. The molecule has 0 aliphatic carbocycles. The van der Waals surface area contributed by atoms with Crippen molar-refractivity contribution in [2.45, 2.75) is 38.8 Å². The van der Waals surface area contributed by atoms with Gasteiger partial charge in [0.1, 0.15) is 0 Å². The molecule has 0 saturated carbocycles. The number of rotatable bonds is 3. The molecule has 0 aromatic heterocycles. The molecule has 1 aliphatic heterocycles. The molecule has 1 amide bonds. The van der Waals surface area contributed by atoms with E-state index in [1.165, 1.54) is 0 Å². The van der Waals surface area contributed by atoms with Crippen molar-refractivity contribution in [3.05, 3.63) is 0 Å². The van der Waals surface area contributed by atoms with E-state index in [0.717, 1.165) is 19.4 Å². The Morgan fingerprint density at radius 1 is 1.79 bits per heavy atom. The first-order valence-electron chi connectivity index (χ1n) is 5.19. The minimum absolute atomic E-state index is 0.0809. The maximum absolute atomic E-state index is 11.7. The molecule has 1 rings (SSSR count). The number of terminal acetylenes is 1. The number of carbonyl (C=O) groups is 1. The van der Waals surface area contributed by atoms with Crippen molar-refractivity contribution in [2.75, 3.05) is 6.54 Å². The van der Waals surface area contributed by atoms with Crippen molar-refractivity contribution in [1.29, 1.82) is 0 Å². The molecule has 1 heterocycles. The molecule has 78 valence electrons. The zero-order chi connectivity index (χ0) is 10.6. The van der Waals surface area contributed by atoms with Crippen LogP contribution in [0.25, 0.3) is 0 Å². The maximum atomic E-state index is 11.7. The van der Waals surface area contributed by atoms with Gasteiger partial charge in [-0.3, -0.25) is 4.79 Å². The molecule has 1 saturated heterocycles. The summed E-state index contributed by atoms with van der Waals surface area (Å²) in [7, 11) is 0. The summed E-state index contributed by atoms with van der Waals surface area (Å²) >= 11 is 0. The predicted molar refractivity (Wildman–Crippen MR) is 56.6 cm³/mol. The molecule has 0 spiro atoms. The van der Waals surface area contributed by atoms with Crippen LogP contribution in [-0.2, 0) is 4.79 Å². The molecule has 0 aromatic rings. The van der Waals surface area contributed by atoms with Gasteiger partial charge in [0, 0.05) is 6.04 Å². The largest absolute Gasteiger partial charge is 0.342 e. The minimum Gasteiger partial charge on any atom is -0.342 e. The average Bonchev–Trinajstić information content (AvgIpc) is 2.60. The van der Waals surface area contributed by atoms with Gasteiger partial charge in [-0.15, -0.1) is 6.42 Å². The van der Waals surface area contributed by atoms with Gasteiger partial charge in [-0.25, -0.2) is 0 Å². The molecule has 3 heteroatoms. The van der Waals surface area contributed by atoms with Crippen LogP contribution in [-0.4, -0.2) is 24.5 Å². The zero-order valence-electron chi connectivity index (χ0n) is 8.84. The van der Waals surface area contributed by atoms with Gasteiger partial charge in [0.2, 0.25) is 5.91 Å². The van der Waals surface area contributed by atoms with E-state index in [9.17, 15) is 4.79 Å². The Kier molecular flexibility index (Phi) is 3.97. The standard InChI is InChI=1S/C11H18N2O/c1-4-9(5-2)13-11(14)10-6-7-12-8(10)3/h1,8-10,12H,5-7H2,2-3H3,(H,13,14). The molecule has 3 atom stereocenters. The quantitative estimate of drug-likeness (QED) is 0.643. The van der Waals surface area contributed by atoms with E-state index >= 15 is 0 Å². The third-order valence-electron chi connectivity index (χ3n) is 2.79. The van der Waals surface area contributed by atoms with E-state index in [-0.39, 0.29) is 23.9 Å². The number of carbonyl (C=O) groups excluding carboxylic acids is 1. The van der Waals surface area contributed by atoms with E-state index in [2.05, 4.69) is 16.6 Å². The molecule has 1 fully saturated rings. The second kappa shape index (κ2) is 5.02. The van der Waals surface area contributed by atoms with Crippen LogP contribution in [0.5, 0.6) is 0 Å². The van der Waals surface area contributed by atoms with Gasteiger partial charge in [-0.05, 0) is 26.3 Å². The van der Waals surface area contributed by atoms with Crippen LogP contribution in [0, 0.1) is 18.3 Å². The first-order valence-corrected chi connectivity index (χ1v) is 5.19. The van der Waals surface area contributed by atoms with Crippen molar-refractivity contribution >= 4 is 5.91 Å². The fraction of sp³-hybridized carbons (Fsp3) is 0.727. The lowest BCUT2D eigenvalue weighted by Crippen LogP contribution is -2.41. The van der Waals surface area contributed by atoms with Gasteiger partial charge in [-0.2, -0.15) is 0 Å². The topological polar surface area (TPSA) is 41.1 Å². The van der Waals surface area contributed by atoms with Crippen LogP contribution in [0.4, 0.5) is 0 Å². The summed E-state index contributed by atoms with van der Waals surface area (Å²) < 4.78 is 0. The van der Waals surface area contributed by atoms with Gasteiger partial charge in [0.05, 0.1) is 12.0 Å². The zero-order valence-corrected chi connectivity index (χ0v) is 8.84. The highest BCUT2D eigenvalue weighted by Gasteiger charge is 2.29. The highest BCUT2D eigenvalue weighted by atomic mass is 16.2. The molecule has 0 radical (unpaired) electrons. The van der Waals surface area contributed by atoms with E-state index in [4.69, 9.17) is 6.42 Å². The maximum Gasteiger partial charge on any atom is 0.225 e. The lowest BCUT2D eigenvalue weighted by atomic mass is 10.0. The fourth-order valence-electron chi connectivity index (χ4n) is 1.76. The summed E-state index contributed by atoms with van der Waals surface area (Å²) in [6.45, 7) is 4.93. The smallest absolute Gasteiger partial charge is 0.225 e. The molecule has 14 heavy (non-hydrogen) atoms. The molecule has 3 unspecified atom stereocenters. The summed E-state index contributed by atoms with van der Waals surface area (Å²) in [6, 6.07) is 0.153. The SMILES string of the molecule is C#CC(CC)NC(=O)C1CCNC1C. The van der Waals surface area contributed by atoms with E-state index < -0.39 is 0 Å². The number of hydrogen-bond donors (Lipinski definition) is 2. The van der Waals surface area contributed by atoms with Crippen LogP contribution in [0.1, 0.15) is 26.7 Å². The van der Waals surface area contributed by atoms with Crippen molar-refractivity contribution in [3.63, 3.8) is 0 Å². The Morgan fingerprint density at radius 2 is 2.50 bits per heavy atom. The summed E-state index contributed by atoms with van der Waals surface area (Å²) in [4.78, 5) is 11.7. The average molecular weight is 194 g/mol. The van der Waals surface area contributed by atoms with Crippen LogP contribution in [0.15, 0.2) is 0 Å². The lowest BCUT2D eigenvalue weighted by molar-refractivity contribution is -0.125. The van der Waals surface area contributed by atoms with Crippen molar-refractivity contribution in [3.8, 4) is 12.3 Å². The highest BCUT2D eigenvalue weighted by Crippen LogP contribution is 2.15. The number of nitrogens with one attached hydrogen (secondary N) is 2. The van der Waals surface area contributed by atoms with Gasteiger partial charge < -0.3 is 10.6 Å². The Morgan fingerprint density at radius 3 is 2.93 bits per heavy atom. The molecular weight excluding hydrogens is 176 g/mol. The summed E-state index contributed by atoms with van der Waals surface area (Å²) in [5, 5.41) is 6.12. The summed E-state index contributed by atoms with van der Waals surface area (Å²) in [6.07, 6.45) is 6.98. The monoisotopic (exact) mass is 194 g/mol. The van der Waals surface area contributed by atoms with Gasteiger partial charge in [0.25, 0.3) is 0 Å². The van der Waals surface area contributed by atoms with E-state index in [1.807, 2.05) is 13.8 Å². The van der Waals surface area contributed by atoms with Crippen LogP contribution < -0.4 is 10.6 Å². The first-order chi connectivity index (χ1) is 6.69. The van der Waals surface area contributed by atoms with Crippen molar-refractivity contribution in [2.24, 2.45) is 5.92 Å². The Bertz CT molecular complexity index is 244. The molecule has 0 aromatic carbocycles. The van der Waals surface area contributed by atoms with Crippen molar-refractivity contribution < 1.29 is 4.79 Å². The third-order valence-corrected chi connectivity index (χ3v) is 2.79. The Labute approximate surface area is 85.6 Å². The second-order valence-corrected chi connectivity index (χ2v) is 3.77. The molecule has 0 bridgehead atoms. The van der Waals surface area contributed by atoms with E-state index in [1.54, 1.807) is 0 Å². The minimum atomic E-state index is -0.115. The summed E-state index contributed by atoms with van der Waals surface area (Å²) in [5.74, 6) is 2.74. The molecular formula is C11H18N2O. The van der Waals surface area contributed by atoms with Crippen LogP contribution in [0.3, 0.4) is 0 Å². The van der Waals surface area contributed by atoms with Crippen LogP contribution in [0.2, 0.25) is 0 Å². The summed E-state index contributed by atoms with van der Waals surface area (Å²) in [5.41, 5.74) is 0. The van der Waals surface area contributed by atoms with Gasteiger partial charge in [-0.1, -0.05) is 12.8 Å². The van der Waals surface area contributed by atoms with E-state index in [0.29, 0.717) is 0 Å². The fourth-order valence-corrected chi connectivity index (χ4v) is 1.76. The third kappa shape index (κ3) is 2.49.